The monoisotopic (exact) mass is 585 g/mol. The highest BCUT2D eigenvalue weighted by molar-refractivity contribution is 8.00. The van der Waals surface area contributed by atoms with Crippen LogP contribution < -0.4 is 10.7 Å². The average molecular weight is 586 g/mol. The molecule has 9 heteroatoms. The lowest BCUT2D eigenvalue weighted by Crippen LogP contribution is -2.49. The Morgan fingerprint density at radius 3 is 2.17 bits per heavy atom. The van der Waals surface area contributed by atoms with E-state index in [0.29, 0.717) is 19.6 Å². The SMILES string of the molecule is CC(=O)Nc1ccc(C2=CSN(NC(=O)N(CCC(c3ccccc3)c3ccccc3)CCN3CCOCC3)C2)cc1. The molecule has 2 N–H and O–H groups in total. The number of hydrogen-bond acceptors (Lipinski definition) is 6. The van der Waals surface area contributed by atoms with Gasteiger partial charge >= 0.3 is 6.03 Å². The Hall–Kier alpha value is -3.63. The van der Waals surface area contributed by atoms with Crippen LogP contribution in [0.15, 0.2) is 90.3 Å². The molecule has 0 bridgehead atoms. The molecule has 2 aliphatic heterocycles. The van der Waals surface area contributed by atoms with Gasteiger partial charge in [0.1, 0.15) is 0 Å². The van der Waals surface area contributed by atoms with Gasteiger partial charge < -0.3 is 15.0 Å². The van der Waals surface area contributed by atoms with E-state index in [2.05, 4.69) is 69.6 Å². The molecular weight excluding hydrogens is 546 g/mol. The molecular formula is C33H39N5O3S. The van der Waals surface area contributed by atoms with E-state index < -0.39 is 0 Å². The number of hydrazine groups is 1. The highest BCUT2D eigenvalue weighted by Crippen LogP contribution is 2.31. The molecule has 2 aliphatic rings. The van der Waals surface area contributed by atoms with Crippen LogP contribution in [0.3, 0.4) is 0 Å². The quantitative estimate of drug-likeness (QED) is 0.292. The molecule has 0 spiro atoms. The van der Waals surface area contributed by atoms with Gasteiger partial charge in [0.2, 0.25) is 5.91 Å². The molecule has 2 heterocycles. The first-order valence-electron chi connectivity index (χ1n) is 14.5. The number of rotatable bonds is 11. The molecule has 3 aromatic rings. The third-order valence-electron chi connectivity index (χ3n) is 7.60. The number of anilines is 1. The Morgan fingerprint density at radius 2 is 1.55 bits per heavy atom. The molecule has 0 aromatic heterocycles. The summed E-state index contributed by atoms with van der Waals surface area (Å²) in [5.41, 5.74) is 8.59. The number of urea groups is 1. The van der Waals surface area contributed by atoms with Gasteiger partial charge in [-0.25, -0.2) is 4.79 Å². The van der Waals surface area contributed by atoms with Crippen molar-refractivity contribution in [3.8, 4) is 0 Å². The standard InChI is InChI=1S/C33H39N5O3S/c1-26(39)34-31-14-12-27(13-15-31)30-24-38(42-25-30)35-33(40)37(19-18-36-20-22-41-23-21-36)17-16-32(28-8-4-2-5-9-28)29-10-6-3-7-11-29/h2-15,25,32H,16-24H2,1H3,(H,34,39)(H,35,40). The van der Waals surface area contributed by atoms with Crippen molar-refractivity contribution in [1.29, 1.82) is 0 Å². The van der Waals surface area contributed by atoms with E-state index in [1.807, 2.05) is 45.7 Å². The number of benzene rings is 3. The van der Waals surface area contributed by atoms with Crippen LogP contribution >= 0.6 is 11.9 Å². The maximum atomic E-state index is 13.7. The minimum Gasteiger partial charge on any atom is -0.379 e. The molecule has 0 radical (unpaired) electrons. The highest BCUT2D eigenvalue weighted by Gasteiger charge is 2.24. The van der Waals surface area contributed by atoms with Gasteiger partial charge in [-0.3, -0.25) is 15.1 Å². The minimum atomic E-state index is -0.0932. The Morgan fingerprint density at radius 1 is 0.905 bits per heavy atom. The van der Waals surface area contributed by atoms with Crippen molar-refractivity contribution in [1.82, 2.24) is 19.6 Å². The van der Waals surface area contributed by atoms with E-state index in [1.165, 1.54) is 30.0 Å². The second kappa shape index (κ2) is 15.0. The Kier molecular flexibility index (Phi) is 10.7. The molecule has 8 nitrogen and oxygen atoms in total. The van der Waals surface area contributed by atoms with Crippen LogP contribution in [-0.4, -0.2) is 78.6 Å². The maximum Gasteiger partial charge on any atom is 0.332 e. The Balaban J connectivity index is 1.23. The largest absolute Gasteiger partial charge is 0.379 e. The number of nitrogens with one attached hydrogen (secondary N) is 2. The number of carbonyl (C=O) groups excluding carboxylic acids is 2. The summed E-state index contributed by atoms with van der Waals surface area (Å²) in [4.78, 5) is 29.4. The second-order valence-corrected chi connectivity index (χ2v) is 11.5. The van der Waals surface area contributed by atoms with Crippen molar-refractivity contribution in [3.05, 3.63) is 107 Å². The van der Waals surface area contributed by atoms with Crippen LogP contribution in [0.4, 0.5) is 10.5 Å². The summed E-state index contributed by atoms with van der Waals surface area (Å²) in [6.07, 6.45) is 0.821. The minimum absolute atomic E-state index is 0.0914. The number of nitrogens with zero attached hydrogens (tertiary/aromatic N) is 3. The predicted molar refractivity (Wildman–Crippen MR) is 170 cm³/mol. The van der Waals surface area contributed by atoms with E-state index >= 15 is 0 Å². The van der Waals surface area contributed by atoms with Crippen molar-refractivity contribution in [2.75, 3.05) is 57.8 Å². The van der Waals surface area contributed by atoms with Gasteiger partial charge in [-0.2, -0.15) is 4.41 Å². The molecule has 0 saturated carbocycles. The molecule has 3 amide bonds. The smallest absolute Gasteiger partial charge is 0.332 e. The first-order valence-corrected chi connectivity index (χ1v) is 15.4. The summed E-state index contributed by atoms with van der Waals surface area (Å²) in [5.74, 6) is 0.102. The molecule has 0 unspecified atom stereocenters. The summed E-state index contributed by atoms with van der Waals surface area (Å²) >= 11 is 1.49. The van der Waals surface area contributed by atoms with Crippen molar-refractivity contribution in [2.24, 2.45) is 0 Å². The van der Waals surface area contributed by atoms with Crippen molar-refractivity contribution in [3.63, 3.8) is 0 Å². The number of hydrogen-bond donors (Lipinski definition) is 2. The predicted octanol–water partition coefficient (Wildman–Crippen LogP) is 5.43. The van der Waals surface area contributed by atoms with Crippen LogP contribution in [0, 0.1) is 0 Å². The summed E-state index contributed by atoms with van der Waals surface area (Å²) in [6, 6.07) is 28.8. The van der Waals surface area contributed by atoms with Gasteiger partial charge in [-0.15, -0.1) is 0 Å². The second-order valence-electron chi connectivity index (χ2n) is 10.6. The highest BCUT2D eigenvalue weighted by atomic mass is 32.2. The van der Waals surface area contributed by atoms with Crippen LogP contribution in [0.5, 0.6) is 0 Å². The number of ether oxygens (including phenoxy) is 1. The Labute approximate surface area is 252 Å². The molecule has 5 rings (SSSR count). The molecule has 3 aromatic carbocycles. The van der Waals surface area contributed by atoms with Crippen molar-refractivity contribution in [2.45, 2.75) is 19.3 Å². The molecule has 1 saturated heterocycles. The Bertz CT molecular complexity index is 1290. The number of carbonyl (C=O) groups is 2. The van der Waals surface area contributed by atoms with Gasteiger partial charge in [0.25, 0.3) is 0 Å². The van der Waals surface area contributed by atoms with Crippen LogP contribution in [0.1, 0.15) is 36.0 Å². The fourth-order valence-corrected chi connectivity index (χ4v) is 6.12. The van der Waals surface area contributed by atoms with Gasteiger partial charge in [0.05, 0.1) is 19.8 Å². The van der Waals surface area contributed by atoms with E-state index in [-0.39, 0.29) is 17.9 Å². The first-order chi connectivity index (χ1) is 20.5. The maximum absolute atomic E-state index is 13.7. The average Bonchev–Trinajstić information content (AvgIpc) is 3.48. The van der Waals surface area contributed by atoms with Gasteiger partial charge in [-0.1, -0.05) is 72.8 Å². The van der Waals surface area contributed by atoms with Crippen LogP contribution in [-0.2, 0) is 9.53 Å². The van der Waals surface area contributed by atoms with E-state index in [1.54, 1.807) is 0 Å². The fraction of sp³-hybridized carbons (Fsp3) is 0.333. The van der Waals surface area contributed by atoms with Crippen molar-refractivity contribution >= 4 is 35.1 Å². The molecule has 0 aliphatic carbocycles. The lowest BCUT2D eigenvalue weighted by atomic mass is 9.88. The summed E-state index contributed by atoms with van der Waals surface area (Å²) in [6.45, 7) is 7.43. The van der Waals surface area contributed by atoms with E-state index in [0.717, 1.165) is 56.1 Å². The zero-order chi connectivity index (χ0) is 29.1. The van der Waals surface area contributed by atoms with Crippen molar-refractivity contribution < 1.29 is 14.3 Å². The van der Waals surface area contributed by atoms with E-state index in [9.17, 15) is 9.59 Å². The third kappa shape index (κ3) is 8.45. The molecule has 220 valence electrons. The van der Waals surface area contributed by atoms with Crippen LogP contribution in [0.25, 0.3) is 5.57 Å². The lowest BCUT2D eigenvalue weighted by molar-refractivity contribution is -0.114. The molecule has 42 heavy (non-hydrogen) atoms. The van der Waals surface area contributed by atoms with Gasteiger partial charge in [0, 0.05) is 51.3 Å². The summed E-state index contributed by atoms with van der Waals surface area (Å²) in [5, 5.41) is 4.86. The zero-order valence-corrected chi connectivity index (χ0v) is 24.9. The third-order valence-corrected chi connectivity index (χ3v) is 8.47. The normalized spacial score (nSPS) is 15.8. The number of amides is 3. The van der Waals surface area contributed by atoms with Gasteiger partial charge in [-0.05, 0) is 58.2 Å². The lowest BCUT2D eigenvalue weighted by Gasteiger charge is -2.32. The summed E-state index contributed by atoms with van der Waals surface area (Å²) < 4.78 is 7.40. The van der Waals surface area contributed by atoms with Gasteiger partial charge in [0.15, 0.2) is 0 Å². The fourth-order valence-electron chi connectivity index (χ4n) is 5.31. The molecule has 1 fully saturated rings. The van der Waals surface area contributed by atoms with E-state index in [4.69, 9.17) is 4.74 Å². The van der Waals surface area contributed by atoms with Crippen LogP contribution in [0.2, 0.25) is 0 Å². The topological polar surface area (TPSA) is 77.2 Å². The first kappa shape index (κ1) is 29.8. The number of morpholine rings is 1. The molecule has 0 atom stereocenters. The summed E-state index contributed by atoms with van der Waals surface area (Å²) in [7, 11) is 0. The zero-order valence-electron chi connectivity index (χ0n) is 24.1.